The predicted octanol–water partition coefficient (Wildman–Crippen LogP) is 2.29. The molecule has 0 fully saturated rings. The Bertz CT molecular complexity index is 695. The van der Waals surface area contributed by atoms with Crippen molar-refractivity contribution >= 4 is 38.6 Å². The second-order valence-corrected chi connectivity index (χ2v) is 6.18. The molecular weight excluding hydrogens is 354 g/mol. The van der Waals surface area contributed by atoms with E-state index in [9.17, 15) is 0 Å². The van der Waals surface area contributed by atoms with Crippen LogP contribution in [0, 0.1) is 0 Å². The van der Waals surface area contributed by atoms with Crippen molar-refractivity contribution in [1.82, 2.24) is 4.98 Å². The number of para-hydroxylation sites is 1. The second kappa shape index (κ2) is 7.11. The Balaban J connectivity index is 0.00000147. The maximum Gasteiger partial charge on any atom is 0.0837 e. The lowest BCUT2D eigenvalue weighted by Crippen LogP contribution is -3.00. The molecule has 2 aromatic carbocycles. The summed E-state index contributed by atoms with van der Waals surface area (Å²) in [5.41, 5.74) is 2.41. The molecule has 1 nitrogen and oxygen atoms in total. The van der Waals surface area contributed by atoms with Gasteiger partial charge in [-0.3, -0.25) is 4.98 Å². The Hall–Kier alpha value is -1.03. The second-order valence-electron chi connectivity index (χ2n) is 4.25. The molecule has 0 saturated carbocycles. The topological polar surface area (TPSA) is 12.9 Å². The van der Waals surface area contributed by atoms with Crippen molar-refractivity contribution in [3.05, 3.63) is 70.8 Å². The van der Waals surface area contributed by atoms with Crippen molar-refractivity contribution in [2.45, 2.75) is 10.6 Å². The first-order valence-electron chi connectivity index (χ1n) is 6.04. The number of halogens is 2. The van der Waals surface area contributed by atoms with Gasteiger partial charge in [0.15, 0.2) is 0 Å². The zero-order valence-corrected chi connectivity index (χ0v) is 13.8. The first-order valence-corrected chi connectivity index (χ1v) is 7.82. The summed E-state index contributed by atoms with van der Waals surface area (Å²) in [6, 6.07) is 18.9. The molecule has 102 valence electrons. The minimum Gasteiger partial charge on any atom is -1.00 e. The molecule has 4 heteroatoms. The average molecular weight is 366 g/mol. The molecular formula is C16H12BrClNS-. The van der Waals surface area contributed by atoms with Gasteiger partial charge >= 0.3 is 0 Å². The van der Waals surface area contributed by atoms with Crippen molar-refractivity contribution in [3.8, 4) is 0 Å². The maximum atomic E-state index is 4.48. The molecule has 0 spiro atoms. The fraction of sp³-hybridized carbons (Fsp3) is 0.0625. The Labute approximate surface area is 137 Å². The van der Waals surface area contributed by atoms with Gasteiger partial charge in [-0.05, 0) is 29.8 Å². The molecule has 0 radical (unpaired) electrons. The van der Waals surface area contributed by atoms with Crippen molar-refractivity contribution in [1.29, 1.82) is 0 Å². The summed E-state index contributed by atoms with van der Waals surface area (Å²) < 4.78 is 1.12. The van der Waals surface area contributed by atoms with Crippen LogP contribution in [-0.4, -0.2) is 4.98 Å². The third kappa shape index (κ3) is 3.54. The molecule has 0 aliphatic heterocycles. The number of hydrogen-bond acceptors (Lipinski definition) is 2. The van der Waals surface area contributed by atoms with E-state index in [2.05, 4.69) is 69.4 Å². The van der Waals surface area contributed by atoms with Gasteiger partial charge in [-0.2, -0.15) is 0 Å². The molecule has 1 aromatic heterocycles. The van der Waals surface area contributed by atoms with E-state index in [4.69, 9.17) is 0 Å². The molecule has 1 heterocycles. The van der Waals surface area contributed by atoms with Gasteiger partial charge in [0.2, 0.25) is 0 Å². The van der Waals surface area contributed by atoms with Crippen LogP contribution in [0.25, 0.3) is 10.9 Å². The van der Waals surface area contributed by atoms with Gasteiger partial charge in [-0.1, -0.05) is 46.3 Å². The summed E-state index contributed by atoms with van der Waals surface area (Å²) in [6.45, 7) is 0. The molecule has 0 bridgehead atoms. The van der Waals surface area contributed by atoms with Crippen molar-refractivity contribution < 1.29 is 12.4 Å². The van der Waals surface area contributed by atoms with Gasteiger partial charge in [-0.25, -0.2) is 0 Å². The smallest absolute Gasteiger partial charge is 0.0837 e. The molecule has 0 atom stereocenters. The Morgan fingerprint density at radius 2 is 1.70 bits per heavy atom. The van der Waals surface area contributed by atoms with Crippen LogP contribution >= 0.6 is 27.7 Å². The quantitative estimate of drug-likeness (QED) is 0.661. The zero-order valence-electron chi connectivity index (χ0n) is 10.6. The van der Waals surface area contributed by atoms with Gasteiger partial charge in [-0.15, -0.1) is 11.8 Å². The molecule has 0 unspecified atom stereocenters. The number of thioether (sulfide) groups is 1. The number of fused-ring (bicyclic) bond motifs is 1. The van der Waals surface area contributed by atoms with E-state index in [0.29, 0.717) is 0 Å². The molecule has 3 aromatic rings. The lowest BCUT2D eigenvalue weighted by Gasteiger charge is -2.05. The van der Waals surface area contributed by atoms with Crippen LogP contribution < -0.4 is 12.4 Å². The SMILES string of the molecule is Brc1ccc(CSc2cccc3cccnc23)cc1.[Cl-]. The number of nitrogens with zero attached hydrogens (tertiary/aromatic N) is 1. The molecule has 20 heavy (non-hydrogen) atoms. The monoisotopic (exact) mass is 364 g/mol. The van der Waals surface area contributed by atoms with Crippen LogP contribution in [0.4, 0.5) is 0 Å². The third-order valence-electron chi connectivity index (χ3n) is 2.90. The van der Waals surface area contributed by atoms with E-state index < -0.39 is 0 Å². The standard InChI is InChI=1S/C16H12BrNS.ClH/c17-14-8-6-12(7-9-14)11-19-15-5-1-3-13-4-2-10-18-16(13)15;/h1-10H,11H2;1H/p-1. The largest absolute Gasteiger partial charge is 1.00 e. The molecule has 0 N–H and O–H groups in total. The third-order valence-corrected chi connectivity index (χ3v) is 4.55. The van der Waals surface area contributed by atoms with E-state index in [1.165, 1.54) is 15.8 Å². The lowest BCUT2D eigenvalue weighted by molar-refractivity contribution is -0.00000364. The Morgan fingerprint density at radius 1 is 0.950 bits per heavy atom. The number of benzene rings is 2. The maximum absolute atomic E-state index is 4.48. The normalized spacial score (nSPS) is 10.2. The predicted molar refractivity (Wildman–Crippen MR) is 85.4 cm³/mol. The van der Waals surface area contributed by atoms with Crippen LogP contribution in [-0.2, 0) is 5.75 Å². The zero-order chi connectivity index (χ0) is 13.1. The van der Waals surface area contributed by atoms with E-state index in [0.717, 1.165) is 15.7 Å². The Kier molecular flexibility index (Phi) is 5.46. The van der Waals surface area contributed by atoms with Crippen LogP contribution in [0.15, 0.2) is 70.2 Å². The van der Waals surface area contributed by atoms with Gasteiger partial charge in [0, 0.05) is 26.7 Å². The fourth-order valence-corrected chi connectivity index (χ4v) is 3.20. The molecule has 0 amide bonds. The summed E-state index contributed by atoms with van der Waals surface area (Å²) in [4.78, 5) is 5.72. The number of aromatic nitrogens is 1. The van der Waals surface area contributed by atoms with E-state index in [1.54, 1.807) is 0 Å². The lowest BCUT2D eigenvalue weighted by atomic mass is 10.2. The van der Waals surface area contributed by atoms with Gasteiger partial charge in [0.1, 0.15) is 0 Å². The minimum atomic E-state index is 0. The van der Waals surface area contributed by atoms with Gasteiger partial charge in [0.25, 0.3) is 0 Å². The summed E-state index contributed by atoms with van der Waals surface area (Å²) in [5.74, 6) is 0.961. The number of rotatable bonds is 3. The highest BCUT2D eigenvalue weighted by Gasteiger charge is 2.02. The Morgan fingerprint density at radius 3 is 2.50 bits per heavy atom. The summed E-state index contributed by atoms with van der Waals surface area (Å²) >= 11 is 5.29. The first-order chi connectivity index (χ1) is 9.33. The van der Waals surface area contributed by atoms with E-state index in [-0.39, 0.29) is 12.4 Å². The fourth-order valence-electron chi connectivity index (χ4n) is 1.93. The molecule has 0 saturated heterocycles. The van der Waals surface area contributed by atoms with E-state index >= 15 is 0 Å². The number of pyridine rings is 1. The minimum absolute atomic E-state index is 0. The van der Waals surface area contributed by atoms with E-state index in [1.807, 2.05) is 24.0 Å². The van der Waals surface area contributed by atoms with Gasteiger partial charge < -0.3 is 12.4 Å². The summed E-state index contributed by atoms with van der Waals surface area (Å²) in [7, 11) is 0. The summed E-state index contributed by atoms with van der Waals surface area (Å²) in [6.07, 6.45) is 1.85. The summed E-state index contributed by atoms with van der Waals surface area (Å²) in [5, 5.41) is 1.20. The van der Waals surface area contributed by atoms with Gasteiger partial charge in [0.05, 0.1) is 5.52 Å². The van der Waals surface area contributed by atoms with Crippen molar-refractivity contribution in [2.75, 3.05) is 0 Å². The molecule has 0 aliphatic carbocycles. The van der Waals surface area contributed by atoms with Crippen molar-refractivity contribution in [2.24, 2.45) is 0 Å². The van der Waals surface area contributed by atoms with Crippen LogP contribution in [0.2, 0.25) is 0 Å². The average Bonchev–Trinajstić information content (AvgIpc) is 2.47. The highest BCUT2D eigenvalue weighted by molar-refractivity contribution is 9.10. The molecule has 0 aliphatic rings. The molecule has 3 rings (SSSR count). The number of hydrogen-bond donors (Lipinski definition) is 0. The van der Waals surface area contributed by atoms with Crippen molar-refractivity contribution in [3.63, 3.8) is 0 Å². The highest BCUT2D eigenvalue weighted by Crippen LogP contribution is 2.29. The van der Waals surface area contributed by atoms with Crippen LogP contribution in [0.3, 0.4) is 0 Å². The van der Waals surface area contributed by atoms with Crippen LogP contribution in [0.1, 0.15) is 5.56 Å². The highest BCUT2D eigenvalue weighted by atomic mass is 79.9. The van der Waals surface area contributed by atoms with Crippen LogP contribution in [0.5, 0.6) is 0 Å². The first kappa shape index (κ1) is 15.4.